The van der Waals surface area contributed by atoms with Gasteiger partial charge in [0.25, 0.3) is 6.33 Å². The van der Waals surface area contributed by atoms with Crippen LogP contribution in [0.4, 0.5) is 0 Å². The number of hydrogen-bond acceptors (Lipinski definition) is 1. The Morgan fingerprint density at radius 2 is 1.65 bits per heavy atom. The van der Waals surface area contributed by atoms with E-state index < -0.39 is 0 Å². The molecule has 1 aliphatic rings. The van der Waals surface area contributed by atoms with Crippen LogP contribution in [0.15, 0.2) is 42.7 Å². The fraction of sp³-hybridized carbons (Fsp3) is 0.238. The van der Waals surface area contributed by atoms with Gasteiger partial charge in [0.05, 0.1) is 12.6 Å². The summed E-state index contributed by atoms with van der Waals surface area (Å²) in [5, 5.41) is 0. The molecule has 2 nitrogen and oxygen atoms in total. The van der Waals surface area contributed by atoms with Crippen LogP contribution in [0.1, 0.15) is 27.8 Å². The van der Waals surface area contributed by atoms with Gasteiger partial charge in [0, 0.05) is 17.5 Å². The van der Waals surface area contributed by atoms with E-state index in [1.54, 1.807) is 0 Å². The normalized spacial score (nSPS) is 12.2. The largest absolute Gasteiger partial charge is 0.287 e. The maximum Gasteiger partial charge on any atom is 0.287 e. The quantitative estimate of drug-likeness (QED) is 0.484. The molecule has 0 atom stereocenters. The van der Waals surface area contributed by atoms with E-state index in [1.807, 2.05) is 6.33 Å². The first-order valence-corrected chi connectivity index (χ1v) is 8.09. The molecule has 23 heavy (non-hydrogen) atoms. The van der Waals surface area contributed by atoms with Crippen LogP contribution in [0.2, 0.25) is 0 Å². The minimum Gasteiger partial charge on any atom is -0.232 e. The van der Waals surface area contributed by atoms with Gasteiger partial charge in [-0.2, -0.15) is 0 Å². The minimum atomic E-state index is 0.969. The Balaban J connectivity index is 1.99. The third-order valence-corrected chi connectivity index (χ3v) is 4.82. The summed E-state index contributed by atoms with van der Waals surface area (Å²) in [6.45, 7) is 6.50. The van der Waals surface area contributed by atoms with Gasteiger partial charge in [-0.25, -0.2) is 4.57 Å². The molecule has 2 heteroatoms. The Morgan fingerprint density at radius 3 is 2.48 bits per heavy atom. The molecule has 1 aliphatic carbocycles. The van der Waals surface area contributed by atoms with E-state index in [9.17, 15) is 0 Å². The standard InChI is InChI=1S/C21H21N2/c1-13-6-8-17-16(9-13)11-19-20(17)22-12-23(4)21(19)18-10-14(2)5-7-15(18)3/h5-10,12H,11H2,1-4H3/q+1. The van der Waals surface area contributed by atoms with Crippen molar-refractivity contribution < 1.29 is 4.57 Å². The van der Waals surface area contributed by atoms with E-state index in [-0.39, 0.29) is 0 Å². The molecule has 114 valence electrons. The topological polar surface area (TPSA) is 16.8 Å². The second-order valence-electron chi connectivity index (χ2n) is 6.69. The van der Waals surface area contributed by atoms with Gasteiger partial charge in [-0.3, -0.25) is 0 Å². The molecule has 0 amide bonds. The summed E-state index contributed by atoms with van der Waals surface area (Å²) < 4.78 is 2.17. The highest BCUT2D eigenvalue weighted by Gasteiger charge is 2.30. The summed E-state index contributed by atoms with van der Waals surface area (Å²) in [5.41, 5.74) is 11.7. The predicted octanol–water partition coefficient (Wildman–Crippen LogP) is 4.07. The third-order valence-electron chi connectivity index (χ3n) is 4.82. The van der Waals surface area contributed by atoms with Crippen LogP contribution in [0.25, 0.3) is 22.5 Å². The summed E-state index contributed by atoms with van der Waals surface area (Å²) >= 11 is 0. The lowest BCUT2D eigenvalue weighted by Crippen LogP contribution is -2.33. The summed E-state index contributed by atoms with van der Waals surface area (Å²) in [6.07, 6.45) is 2.92. The van der Waals surface area contributed by atoms with Crippen molar-refractivity contribution in [3.8, 4) is 22.5 Å². The molecule has 0 aliphatic heterocycles. The van der Waals surface area contributed by atoms with Crippen molar-refractivity contribution in [1.29, 1.82) is 0 Å². The number of nitrogens with zero attached hydrogens (tertiary/aromatic N) is 2. The van der Waals surface area contributed by atoms with Crippen LogP contribution < -0.4 is 4.57 Å². The molecule has 0 N–H and O–H groups in total. The van der Waals surface area contributed by atoms with Crippen molar-refractivity contribution >= 4 is 0 Å². The fourth-order valence-electron chi connectivity index (χ4n) is 3.64. The molecule has 0 bridgehead atoms. The van der Waals surface area contributed by atoms with E-state index in [1.165, 1.54) is 44.6 Å². The van der Waals surface area contributed by atoms with Crippen LogP contribution in [0, 0.1) is 20.8 Å². The van der Waals surface area contributed by atoms with Gasteiger partial charge < -0.3 is 0 Å². The number of aromatic nitrogens is 2. The molecule has 0 saturated heterocycles. The van der Waals surface area contributed by atoms with Gasteiger partial charge in [0.2, 0.25) is 0 Å². The monoisotopic (exact) mass is 301 g/mol. The maximum absolute atomic E-state index is 4.73. The molecule has 0 unspecified atom stereocenters. The molecular weight excluding hydrogens is 280 g/mol. The Bertz CT molecular complexity index is 939. The highest BCUT2D eigenvalue weighted by atomic mass is 15.0. The second kappa shape index (κ2) is 5.02. The third kappa shape index (κ3) is 2.17. The molecule has 0 saturated carbocycles. The Kier molecular flexibility index (Phi) is 3.08. The first-order valence-electron chi connectivity index (χ1n) is 8.09. The SMILES string of the molecule is Cc1ccc2c(c1)Cc1c-2nc[n+](C)c1-c1cc(C)ccc1C. The van der Waals surface area contributed by atoms with Crippen molar-refractivity contribution in [2.24, 2.45) is 7.05 Å². The first kappa shape index (κ1) is 14.1. The van der Waals surface area contributed by atoms with E-state index in [0.29, 0.717) is 0 Å². The summed E-state index contributed by atoms with van der Waals surface area (Å²) in [5.74, 6) is 0. The van der Waals surface area contributed by atoms with Crippen molar-refractivity contribution in [1.82, 2.24) is 4.98 Å². The van der Waals surface area contributed by atoms with Crippen molar-refractivity contribution in [2.45, 2.75) is 27.2 Å². The number of hydrogen-bond donors (Lipinski definition) is 0. The van der Waals surface area contributed by atoms with Crippen molar-refractivity contribution in [3.05, 3.63) is 70.5 Å². The molecule has 2 aromatic carbocycles. The first-order chi connectivity index (χ1) is 11.0. The molecule has 0 fully saturated rings. The van der Waals surface area contributed by atoms with E-state index >= 15 is 0 Å². The summed E-state index contributed by atoms with van der Waals surface area (Å²) in [6, 6.07) is 13.4. The fourth-order valence-corrected chi connectivity index (χ4v) is 3.64. The molecule has 0 spiro atoms. The van der Waals surface area contributed by atoms with Crippen LogP contribution in [0.5, 0.6) is 0 Å². The van der Waals surface area contributed by atoms with Gasteiger partial charge in [-0.15, -0.1) is 0 Å². The highest BCUT2D eigenvalue weighted by Crippen LogP contribution is 2.39. The van der Waals surface area contributed by atoms with Crippen LogP contribution in [-0.4, -0.2) is 4.98 Å². The lowest BCUT2D eigenvalue weighted by molar-refractivity contribution is -0.663. The van der Waals surface area contributed by atoms with Gasteiger partial charge in [0.15, 0.2) is 5.69 Å². The smallest absolute Gasteiger partial charge is 0.232 e. The van der Waals surface area contributed by atoms with Crippen LogP contribution in [-0.2, 0) is 13.5 Å². The van der Waals surface area contributed by atoms with Gasteiger partial charge in [0.1, 0.15) is 5.69 Å². The highest BCUT2D eigenvalue weighted by molar-refractivity contribution is 5.80. The van der Waals surface area contributed by atoms with E-state index in [2.05, 4.69) is 68.8 Å². The van der Waals surface area contributed by atoms with Crippen molar-refractivity contribution in [3.63, 3.8) is 0 Å². The Morgan fingerprint density at radius 1 is 0.913 bits per heavy atom. The number of aryl methyl sites for hydroxylation is 4. The zero-order valence-electron chi connectivity index (χ0n) is 14.1. The summed E-state index contributed by atoms with van der Waals surface area (Å²) in [4.78, 5) is 4.73. The zero-order chi connectivity index (χ0) is 16.1. The van der Waals surface area contributed by atoms with E-state index in [4.69, 9.17) is 4.98 Å². The lowest BCUT2D eigenvalue weighted by atomic mass is 9.98. The van der Waals surface area contributed by atoms with Gasteiger partial charge in [-0.05, 0) is 49.0 Å². The van der Waals surface area contributed by atoms with Gasteiger partial charge >= 0.3 is 0 Å². The Hall–Kier alpha value is -2.48. The number of fused-ring (bicyclic) bond motifs is 3. The molecule has 3 aromatic rings. The number of benzene rings is 2. The molecule has 1 aromatic heterocycles. The lowest BCUT2D eigenvalue weighted by Gasteiger charge is -2.10. The maximum atomic E-state index is 4.73. The average molecular weight is 301 g/mol. The molecule has 0 radical (unpaired) electrons. The minimum absolute atomic E-state index is 0.969. The van der Waals surface area contributed by atoms with Crippen LogP contribution in [0.3, 0.4) is 0 Å². The molecule has 1 heterocycles. The van der Waals surface area contributed by atoms with Crippen molar-refractivity contribution in [2.75, 3.05) is 0 Å². The predicted molar refractivity (Wildman–Crippen MR) is 93.3 cm³/mol. The average Bonchev–Trinajstić information content (AvgIpc) is 2.87. The summed E-state index contributed by atoms with van der Waals surface area (Å²) in [7, 11) is 2.10. The van der Waals surface area contributed by atoms with E-state index in [0.717, 1.165) is 12.1 Å². The zero-order valence-corrected chi connectivity index (χ0v) is 14.1. The molecule has 4 rings (SSSR count). The van der Waals surface area contributed by atoms with Gasteiger partial charge in [-0.1, -0.05) is 35.4 Å². The second-order valence-corrected chi connectivity index (χ2v) is 6.69. The van der Waals surface area contributed by atoms with Crippen LogP contribution >= 0.6 is 0 Å². The molecular formula is C21H21N2+. The number of rotatable bonds is 1. The Labute approximate surface area is 137 Å².